The molecule has 1 aromatic rings. The molecule has 0 aliphatic rings. The number of nitrogens with one attached hydrogen (secondary N) is 2. The third kappa shape index (κ3) is 7.45. The van der Waals surface area contributed by atoms with E-state index in [9.17, 15) is 4.79 Å². The van der Waals surface area contributed by atoms with Gasteiger partial charge >= 0.3 is 0 Å². The third-order valence-corrected chi connectivity index (χ3v) is 3.73. The Morgan fingerprint density at radius 3 is 2.44 bits per heavy atom. The largest absolute Gasteiger partial charge is 0.491 e. The Labute approximate surface area is 151 Å². The number of ether oxygens (including phenoxy) is 1. The summed E-state index contributed by atoms with van der Waals surface area (Å²) >= 11 is 0. The molecule has 140 valence electrons. The average Bonchev–Trinajstić information content (AvgIpc) is 2.55. The summed E-state index contributed by atoms with van der Waals surface area (Å²) in [7, 11) is 3.71. The first-order valence-corrected chi connectivity index (χ1v) is 8.64. The molecule has 6 nitrogen and oxygen atoms in total. The highest BCUT2D eigenvalue weighted by Crippen LogP contribution is 2.15. The lowest BCUT2D eigenvalue weighted by Crippen LogP contribution is -2.45. The fraction of sp³-hybridized carbons (Fsp3) is 0.579. The van der Waals surface area contributed by atoms with Crippen LogP contribution in [0.4, 0.5) is 0 Å². The molecule has 0 radical (unpaired) electrons. The maximum absolute atomic E-state index is 11.8. The molecule has 1 amide bonds. The minimum absolute atomic E-state index is 0.0456. The molecule has 1 aromatic carbocycles. The SMILES string of the molecule is CN=C(NCCNC(=O)C(C)(C)C)N(C)CCOc1ccccc1C. The van der Waals surface area contributed by atoms with E-state index in [2.05, 4.69) is 15.6 Å². The Hall–Kier alpha value is -2.24. The summed E-state index contributed by atoms with van der Waals surface area (Å²) in [5, 5.41) is 6.15. The van der Waals surface area contributed by atoms with Gasteiger partial charge in [0, 0.05) is 32.6 Å². The standard InChI is InChI=1S/C19H32N4O2/c1-15-9-7-8-10-16(15)25-14-13-23(6)18(20-5)22-12-11-21-17(24)19(2,3)4/h7-10H,11-14H2,1-6H3,(H,20,22)(H,21,24). The Kier molecular flexibility index (Phi) is 8.25. The summed E-state index contributed by atoms with van der Waals surface area (Å²) in [4.78, 5) is 18.1. The first-order chi connectivity index (χ1) is 11.8. The van der Waals surface area contributed by atoms with Gasteiger partial charge in [-0.15, -0.1) is 0 Å². The van der Waals surface area contributed by atoms with Crippen LogP contribution in [0.5, 0.6) is 5.75 Å². The molecule has 0 atom stereocenters. The van der Waals surface area contributed by atoms with Crippen molar-refractivity contribution < 1.29 is 9.53 Å². The predicted molar refractivity (Wildman–Crippen MR) is 103 cm³/mol. The smallest absolute Gasteiger partial charge is 0.225 e. The molecule has 25 heavy (non-hydrogen) atoms. The highest BCUT2D eigenvalue weighted by atomic mass is 16.5. The van der Waals surface area contributed by atoms with Crippen molar-refractivity contribution in [1.82, 2.24) is 15.5 Å². The Balaban J connectivity index is 2.32. The minimum Gasteiger partial charge on any atom is -0.491 e. The molecule has 0 saturated carbocycles. The second kappa shape index (κ2) is 9.91. The van der Waals surface area contributed by atoms with Crippen LogP contribution in [0.2, 0.25) is 0 Å². The first kappa shape index (κ1) is 20.8. The van der Waals surface area contributed by atoms with Crippen molar-refractivity contribution >= 4 is 11.9 Å². The normalized spacial score (nSPS) is 11.8. The van der Waals surface area contributed by atoms with Crippen molar-refractivity contribution in [2.45, 2.75) is 27.7 Å². The monoisotopic (exact) mass is 348 g/mol. The average molecular weight is 348 g/mol. The molecule has 0 unspecified atom stereocenters. The number of benzene rings is 1. The number of nitrogens with zero attached hydrogens (tertiary/aromatic N) is 2. The van der Waals surface area contributed by atoms with Gasteiger partial charge in [0.1, 0.15) is 12.4 Å². The van der Waals surface area contributed by atoms with Crippen LogP contribution < -0.4 is 15.4 Å². The molecule has 0 aliphatic heterocycles. The van der Waals surface area contributed by atoms with Crippen molar-refractivity contribution in [3.63, 3.8) is 0 Å². The lowest BCUT2D eigenvalue weighted by Gasteiger charge is -2.23. The van der Waals surface area contributed by atoms with E-state index >= 15 is 0 Å². The third-order valence-electron chi connectivity index (χ3n) is 3.73. The highest BCUT2D eigenvalue weighted by molar-refractivity contribution is 5.81. The molecule has 0 spiro atoms. The summed E-state index contributed by atoms with van der Waals surface area (Å²) in [6, 6.07) is 7.97. The van der Waals surface area contributed by atoms with E-state index in [4.69, 9.17) is 4.74 Å². The van der Waals surface area contributed by atoms with Gasteiger partial charge in [0.15, 0.2) is 5.96 Å². The quantitative estimate of drug-likeness (QED) is 0.450. The van der Waals surface area contributed by atoms with E-state index in [0.717, 1.165) is 17.3 Å². The topological polar surface area (TPSA) is 66.0 Å². The zero-order valence-electron chi connectivity index (χ0n) is 16.3. The Morgan fingerprint density at radius 2 is 1.84 bits per heavy atom. The zero-order chi connectivity index (χ0) is 18.9. The summed E-state index contributed by atoms with van der Waals surface area (Å²) in [6.07, 6.45) is 0. The molecular weight excluding hydrogens is 316 g/mol. The summed E-state index contributed by atoms with van der Waals surface area (Å²) in [5.41, 5.74) is 0.757. The minimum atomic E-state index is -0.370. The second-order valence-electron chi connectivity index (χ2n) is 7.02. The van der Waals surface area contributed by atoms with E-state index in [-0.39, 0.29) is 11.3 Å². The molecule has 2 N–H and O–H groups in total. The maximum Gasteiger partial charge on any atom is 0.225 e. The van der Waals surface area contributed by atoms with Gasteiger partial charge in [-0.3, -0.25) is 9.79 Å². The van der Waals surface area contributed by atoms with Gasteiger partial charge in [0.25, 0.3) is 0 Å². The zero-order valence-corrected chi connectivity index (χ0v) is 16.3. The molecule has 0 aliphatic carbocycles. The van der Waals surface area contributed by atoms with Crippen molar-refractivity contribution in [2.75, 3.05) is 40.3 Å². The van der Waals surface area contributed by atoms with Crippen molar-refractivity contribution in [3.05, 3.63) is 29.8 Å². The number of carbonyl (C=O) groups is 1. The molecule has 0 aromatic heterocycles. The van der Waals surface area contributed by atoms with Gasteiger partial charge in [-0.2, -0.15) is 0 Å². The lowest BCUT2D eigenvalue weighted by atomic mass is 9.96. The van der Waals surface area contributed by atoms with Crippen LogP contribution in [0, 0.1) is 12.3 Å². The van der Waals surface area contributed by atoms with E-state index in [1.54, 1.807) is 7.05 Å². The van der Waals surface area contributed by atoms with Gasteiger partial charge in [0.05, 0.1) is 6.54 Å². The number of amides is 1. The van der Waals surface area contributed by atoms with Crippen LogP contribution in [0.25, 0.3) is 0 Å². The maximum atomic E-state index is 11.8. The second-order valence-corrected chi connectivity index (χ2v) is 7.02. The van der Waals surface area contributed by atoms with Gasteiger partial charge in [0.2, 0.25) is 5.91 Å². The van der Waals surface area contributed by atoms with Crippen LogP contribution in [0.1, 0.15) is 26.3 Å². The van der Waals surface area contributed by atoms with E-state index in [1.165, 1.54) is 0 Å². The Bertz CT molecular complexity index is 579. The van der Waals surface area contributed by atoms with Gasteiger partial charge in [-0.05, 0) is 18.6 Å². The Morgan fingerprint density at radius 1 is 1.20 bits per heavy atom. The fourth-order valence-corrected chi connectivity index (χ4v) is 2.12. The van der Waals surface area contributed by atoms with Crippen molar-refractivity contribution in [2.24, 2.45) is 10.4 Å². The lowest BCUT2D eigenvalue weighted by molar-refractivity contribution is -0.128. The van der Waals surface area contributed by atoms with Crippen LogP contribution in [0.15, 0.2) is 29.3 Å². The van der Waals surface area contributed by atoms with E-state index < -0.39 is 0 Å². The van der Waals surface area contributed by atoms with Gasteiger partial charge in [-0.25, -0.2) is 0 Å². The molecule has 1 rings (SSSR count). The number of guanidine groups is 1. The number of rotatable bonds is 7. The molecule has 0 saturated heterocycles. The van der Waals surface area contributed by atoms with E-state index in [1.807, 2.05) is 63.9 Å². The molecule has 6 heteroatoms. The summed E-state index contributed by atoms with van der Waals surface area (Å²) in [6.45, 7) is 10.2. The number of carbonyl (C=O) groups excluding carboxylic acids is 1. The van der Waals surface area contributed by atoms with Crippen LogP contribution in [-0.2, 0) is 4.79 Å². The number of aliphatic imine (C=N–C) groups is 1. The molecule has 0 heterocycles. The predicted octanol–water partition coefficient (Wildman–Crippen LogP) is 2.04. The molecular formula is C19H32N4O2. The summed E-state index contributed by atoms with van der Waals surface area (Å²) in [5.74, 6) is 1.73. The van der Waals surface area contributed by atoms with Crippen molar-refractivity contribution in [3.8, 4) is 5.75 Å². The summed E-state index contributed by atoms with van der Waals surface area (Å²) < 4.78 is 5.82. The van der Waals surface area contributed by atoms with Crippen molar-refractivity contribution in [1.29, 1.82) is 0 Å². The number of hydrogen-bond acceptors (Lipinski definition) is 3. The number of hydrogen-bond donors (Lipinski definition) is 2. The highest BCUT2D eigenvalue weighted by Gasteiger charge is 2.20. The number of likely N-dealkylation sites (N-methyl/N-ethyl adjacent to an activating group) is 1. The molecule has 0 fully saturated rings. The van der Waals surface area contributed by atoms with Crippen LogP contribution in [0.3, 0.4) is 0 Å². The van der Waals surface area contributed by atoms with Gasteiger partial charge < -0.3 is 20.3 Å². The van der Waals surface area contributed by atoms with Crippen LogP contribution in [-0.4, -0.2) is 57.1 Å². The number of para-hydroxylation sites is 1. The molecule has 0 bridgehead atoms. The number of aryl methyl sites for hydroxylation is 1. The first-order valence-electron chi connectivity index (χ1n) is 8.64. The van der Waals surface area contributed by atoms with Crippen LogP contribution >= 0.6 is 0 Å². The van der Waals surface area contributed by atoms with E-state index in [0.29, 0.717) is 26.2 Å². The van der Waals surface area contributed by atoms with Gasteiger partial charge in [-0.1, -0.05) is 39.0 Å². The fourth-order valence-electron chi connectivity index (χ4n) is 2.12.